The summed E-state index contributed by atoms with van der Waals surface area (Å²) < 4.78 is 13.7. The van der Waals surface area contributed by atoms with Gasteiger partial charge in [0, 0.05) is 12.6 Å². The van der Waals surface area contributed by atoms with Crippen LogP contribution in [0.25, 0.3) is 0 Å². The molecule has 0 aromatic heterocycles. The second kappa shape index (κ2) is 6.82. The molecule has 1 aromatic carbocycles. The van der Waals surface area contributed by atoms with Gasteiger partial charge in [0.2, 0.25) is 0 Å². The first kappa shape index (κ1) is 14.9. The molecular weight excluding hydrogens is 307 g/mol. The van der Waals surface area contributed by atoms with Crippen molar-refractivity contribution in [1.82, 2.24) is 10.2 Å². The highest BCUT2D eigenvalue weighted by Gasteiger charge is 2.18. The van der Waals surface area contributed by atoms with Crippen molar-refractivity contribution in [2.24, 2.45) is 5.92 Å². The summed E-state index contributed by atoms with van der Waals surface area (Å²) in [7, 11) is 2.19. The third kappa shape index (κ3) is 4.26. The van der Waals surface area contributed by atoms with E-state index in [9.17, 15) is 4.39 Å². The van der Waals surface area contributed by atoms with Crippen LogP contribution in [0.1, 0.15) is 31.4 Å². The van der Waals surface area contributed by atoms with Crippen molar-refractivity contribution >= 4 is 15.9 Å². The van der Waals surface area contributed by atoms with Crippen molar-refractivity contribution in [2.45, 2.75) is 25.8 Å². The number of hydrogen-bond donors (Lipinski definition) is 1. The number of piperidine rings is 1. The number of halogens is 2. The lowest BCUT2D eigenvalue weighted by Crippen LogP contribution is -2.37. The smallest absolute Gasteiger partial charge is 0.137 e. The van der Waals surface area contributed by atoms with E-state index in [0.29, 0.717) is 4.47 Å². The van der Waals surface area contributed by atoms with Crippen LogP contribution in [-0.2, 0) is 0 Å². The molecule has 0 spiro atoms. The summed E-state index contributed by atoms with van der Waals surface area (Å²) in [6, 6.07) is 5.49. The number of likely N-dealkylation sites (tertiary alicyclic amines) is 1. The highest BCUT2D eigenvalue weighted by Crippen LogP contribution is 2.22. The molecule has 4 heteroatoms. The van der Waals surface area contributed by atoms with Gasteiger partial charge in [0.1, 0.15) is 5.82 Å². The van der Waals surface area contributed by atoms with E-state index in [0.717, 1.165) is 18.0 Å². The Balaban J connectivity index is 1.86. The van der Waals surface area contributed by atoms with Gasteiger partial charge < -0.3 is 10.2 Å². The maximum absolute atomic E-state index is 13.2. The lowest BCUT2D eigenvalue weighted by Gasteiger charge is -2.30. The second-order valence-corrected chi connectivity index (χ2v) is 6.43. The minimum Gasteiger partial charge on any atom is -0.310 e. The maximum Gasteiger partial charge on any atom is 0.137 e. The summed E-state index contributed by atoms with van der Waals surface area (Å²) >= 11 is 3.24. The molecule has 19 heavy (non-hydrogen) atoms. The molecule has 1 aliphatic rings. The number of hydrogen-bond acceptors (Lipinski definition) is 2. The van der Waals surface area contributed by atoms with Crippen LogP contribution in [0.4, 0.5) is 4.39 Å². The summed E-state index contributed by atoms with van der Waals surface area (Å²) in [5.74, 6) is 0.523. The van der Waals surface area contributed by atoms with Crippen LogP contribution in [0.15, 0.2) is 22.7 Å². The molecule has 2 rings (SSSR count). The highest BCUT2D eigenvalue weighted by molar-refractivity contribution is 9.10. The van der Waals surface area contributed by atoms with Crippen LogP contribution in [0.3, 0.4) is 0 Å². The van der Waals surface area contributed by atoms with Gasteiger partial charge in [-0.25, -0.2) is 4.39 Å². The van der Waals surface area contributed by atoms with Gasteiger partial charge in [-0.15, -0.1) is 0 Å². The number of nitrogens with one attached hydrogen (secondary N) is 1. The summed E-state index contributed by atoms with van der Waals surface area (Å²) in [5, 5.41) is 3.57. The third-order valence-electron chi connectivity index (χ3n) is 3.88. The van der Waals surface area contributed by atoms with Crippen LogP contribution in [0.2, 0.25) is 0 Å². The van der Waals surface area contributed by atoms with Crippen LogP contribution < -0.4 is 5.32 Å². The Morgan fingerprint density at radius 2 is 2.32 bits per heavy atom. The molecular formula is C15H22BrFN2. The lowest BCUT2D eigenvalue weighted by atomic mass is 9.97. The average Bonchev–Trinajstić information content (AvgIpc) is 2.39. The van der Waals surface area contributed by atoms with Gasteiger partial charge in [-0.3, -0.25) is 0 Å². The van der Waals surface area contributed by atoms with Crippen molar-refractivity contribution < 1.29 is 4.39 Å². The van der Waals surface area contributed by atoms with Gasteiger partial charge in [0.25, 0.3) is 0 Å². The molecule has 1 aliphatic heterocycles. The molecule has 0 saturated carbocycles. The van der Waals surface area contributed by atoms with Crippen molar-refractivity contribution in [2.75, 3.05) is 26.7 Å². The fourth-order valence-corrected chi connectivity index (χ4v) is 3.08. The lowest BCUT2D eigenvalue weighted by molar-refractivity contribution is 0.203. The van der Waals surface area contributed by atoms with E-state index < -0.39 is 0 Å². The van der Waals surface area contributed by atoms with Crippen molar-refractivity contribution in [3.05, 3.63) is 34.1 Å². The summed E-state index contributed by atoms with van der Waals surface area (Å²) in [6.45, 7) is 5.55. The maximum atomic E-state index is 13.2. The number of benzene rings is 1. The van der Waals surface area contributed by atoms with E-state index in [1.165, 1.54) is 32.0 Å². The van der Waals surface area contributed by atoms with Gasteiger partial charge in [-0.1, -0.05) is 6.07 Å². The second-order valence-electron chi connectivity index (χ2n) is 5.57. The monoisotopic (exact) mass is 328 g/mol. The van der Waals surface area contributed by atoms with Crippen molar-refractivity contribution in [1.29, 1.82) is 0 Å². The van der Waals surface area contributed by atoms with Crippen LogP contribution >= 0.6 is 15.9 Å². The Labute approximate surface area is 123 Å². The predicted molar refractivity (Wildman–Crippen MR) is 80.7 cm³/mol. The van der Waals surface area contributed by atoms with Gasteiger partial charge in [-0.2, -0.15) is 0 Å². The molecule has 1 N–H and O–H groups in total. The summed E-state index contributed by atoms with van der Waals surface area (Å²) in [5.41, 5.74) is 1.12. The van der Waals surface area contributed by atoms with E-state index in [1.807, 2.05) is 12.1 Å². The molecule has 1 saturated heterocycles. The van der Waals surface area contributed by atoms with Gasteiger partial charge in [0.05, 0.1) is 4.47 Å². The quantitative estimate of drug-likeness (QED) is 0.908. The molecule has 2 unspecified atom stereocenters. The van der Waals surface area contributed by atoms with Crippen LogP contribution in [0.5, 0.6) is 0 Å². The molecule has 1 aromatic rings. The first-order valence-electron chi connectivity index (χ1n) is 6.93. The zero-order valence-corrected chi connectivity index (χ0v) is 13.2. The summed E-state index contributed by atoms with van der Waals surface area (Å²) in [4.78, 5) is 2.40. The highest BCUT2D eigenvalue weighted by atomic mass is 79.9. The number of rotatable bonds is 4. The molecule has 1 fully saturated rings. The van der Waals surface area contributed by atoms with E-state index in [2.05, 4.69) is 40.1 Å². The standard InChI is InChI=1S/C15H22BrFN2/c1-11(13-5-6-15(17)14(16)8-13)18-9-12-4-3-7-19(2)10-12/h5-6,8,11-12,18H,3-4,7,9-10H2,1-2H3. The zero-order chi connectivity index (χ0) is 13.8. The van der Waals surface area contributed by atoms with Gasteiger partial charge >= 0.3 is 0 Å². The molecule has 0 bridgehead atoms. The SMILES string of the molecule is CC(NCC1CCCN(C)C1)c1ccc(F)c(Br)c1. The Bertz CT molecular complexity index is 425. The molecule has 0 radical (unpaired) electrons. The summed E-state index contributed by atoms with van der Waals surface area (Å²) in [6.07, 6.45) is 2.59. The Kier molecular flexibility index (Phi) is 5.37. The van der Waals surface area contributed by atoms with Gasteiger partial charge in [-0.05, 0) is 79.4 Å². The van der Waals surface area contributed by atoms with Crippen molar-refractivity contribution in [3.63, 3.8) is 0 Å². The fraction of sp³-hybridized carbons (Fsp3) is 0.600. The van der Waals surface area contributed by atoms with Crippen LogP contribution in [0, 0.1) is 11.7 Å². The normalized spacial score (nSPS) is 22.4. The average molecular weight is 329 g/mol. The predicted octanol–water partition coefficient (Wildman–Crippen LogP) is 3.58. The minimum absolute atomic E-state index is 0.204. The topological polar surface area (TPSA) is 15.3 Å². The molecule has 106 valence electrons. The van der Waals surface area contributed by atoms with E-state index in [-0.39, 0.29) is 11.9 Å². The van der Waals surface area contributed by atoms with E-state index in [4.69, 9.17) is 0 Å². The first-order chi connectivity index (χ1) is 9.06. The third-order valence-corrected chi connectivity index (χ3v) is 4.49. The van der Waals surface area contributed by atoms with Crippen molar-refractivity contribution in [3.8, 4) is 0 Å². The largest absolute Gasteiger partial charge is 0.310 e. The molecule has 1 heterocycles. The molecule has 0 amide bonds. The minimum atomic E-state index is -0.204. The van der Waals surface area contributed by atoms with Gasteiger partial charge in [0.15, 0.2) is 0 Å². The fourth-order valence-electron chi connectivity index (χ4n) is 2.68. The van der Waals surface area contributed by atoms with Crippen LogP contribution in [-0.4, -0.2) is 31.6 Å². The Morgan fingerprint density at radius 3 is 3.00 bits per heavy atom. The van der Waals surface area contributed by atoms with E-state index in [1.54, 1.807) is 0 Å². The Hall–Kier alpha value is -0.450. The molecule has 2 atom stereocenters. The molecule has 0 aliphatic carbocycles. The molecule has 2 nitrogen and oxygen atoms in total. The Morgan fingerprint density at radius 1 is 1.53 bits per heavy atom. The van der Waals surface area contributed by atoms with E-state index >= 15 is 0 Å². The zero-order valence-electron chi connectivity index (χ0n) is 11.6. The first-order valence-corrected chi connectivity index (χ1v) is 7.72. The number of nitrogens with zero attached hydrogens (tertiary/aromatic N) is 1.